The van der Waals surface area contributed by atoms with E-state index in [4.69, 9.17) is 11.6 Å². The maximum Gasteiger partial charge on any atom is 0.243 e. The Labute approximate surface area is 110 Å². The van der Waals surface area contributed by atoms with Crippen LogP contribution in [0.1, 0.15) is 13.3 Å². The average Bonchev–Trinajstić information content (AvgIpc) is 2.70. The van der Waals surface area contributed by atoms with Crippen molar-refractivity contribution in [1.29, 1.82) is 0 Å². The fourth-order valence-corrected chi connectivity index (χ4v) is 1.95. The largest absolute Gasteiger partial charge is 0.353 e. The molecule has 2 aromatic heterocycles. The van der Waals surface area contributed by atoms with Gasteiger partial charge in [-0.15, -0.1) is 5.10 Å². The van der Waals surface area contributed by atoms with Crippen molar-refractivity contribution >= 4 is 35.0 Å². The Morgan fingerprint density at radius 1 is 1.53 bits per heavy atom. The summed E-state index contributed by atoms with van der Waals surface area (Å²) in [6.07, 6.45) is 4.97. The molecule has 2 rings (SSSR count). The van der Waals surface area contributed by atoms with Gasteiger partial charge in [0.15, 0.2) is 5.65 Å². The topological polar surface area (TPSA) is 42.2 Å². The number of fused-ring (bicyclic) bond motifs is 1. The molecule has 0 saturated heterocycles. The SMILES string of the molecule is CSC(C)CCNc1nc2ccc(Cl)cn2n1. The lowest BCUT2D eigenvalue weighted by Gasteiger charge is -2.07. The summed E-state index contributed by atoms with van der Waals surface area (Å²) in [5, 5.41) is 8.82. The smallest absolute Gasteiger partial charge is 0.243 e. The molecule has 0 aliphatic rings. The highest BCUT2D eigenvalue weighted by atomic mass is 35.5. The Balaban J connectivity index is 1.99. The third-order valence-corrected chi connectivity index (χ3v) is 3.80. The molecule has 2 aromatic rings. The van der Waals surface area contributed by atoms with Gasteiger partial charge in [-0.25, -0.2) is 4.52 Å². The fourth-order valence-electron chi connectivity index (χ4n) is 1.44. The van der Waals surface area contributed by atoms with Gasteiger partial charge in [0.25, 0.3) is 0 Å². The van der Waals surface area contributed by atoms with Crippen molar-refractivity contribution in [2.24, 2.45) is 0 Å². The molecule has 1 N–H and O–H groups in total. The summed E-state index contributed by atoms with van der Waals surface area (Å²) >= 11 is 7.74. The van der Waals surface area contributed by atoms with Crippen molar-refractivity contribution in [1.82, 2.24) is 14.6 Å². The molecule has 2 heterocycles. The van der Waals surface area contributed by atoms with E-state index in [0.29, 0.717) is 16.2 Å². The lowest BCUT2D eigenvalue weighted by atomic mass is 10.3. The lowest BCUT2D eigenvalue weighted by Crippen LogP contribution is -2.08. The molecular formula is C11H15ClN4S. The molecule has 6 heteroatoms. The van der Waals surface area contributed by atoms with E-state index in [-0.39, 0.29) is 0 Å². The Hall–Kier alpha value is -0.940. The number of hydrogen-bond acceptors (Lipinski definition) is 4. The molecule has 0 aromatic carbocycles. The van der Waals surface area contributed by atoms with E-state index in [2.05, 4.69) is 28.6 Å². The third-order valence-electron chi connectivity index (χ3n) is 2.53. The van der Waals surface area contributed by atoms with Crippen LogP contribution in [-0.4, -0.2) is 32.6 Å². The Morgan fingerprint density at radius 2 is 2.35 bits per heavy atom. The summed E-state index contributed by atoms with van der Waals surface area (Å²) in [7, 11) is 0. The summed E-state index contributed by atoms with van der Waals surface area (Å²) < 4.78 is 1.68. The number of nitrogens with one attached hydrogen (secondary N) is 1. The fraction of sp³-hybridized carbons (Fsp3) is 0.455. The molecule has 4 nitrogen and oxygen atoms in total. The monoisotopic (exact) mass is 270 g/mol. The molecular weight excluding hydrogens is 256 g/mol. The van der Waals surface area contributed by atoms with E-state index in [1.54, 1.807) is 10.7 Å². The van der Waals surface area contributed by atoms with Gasteiger partial charge in [0, 0.05) is 18.0 Å². The lowest BCUT2D eigenvalue weighted by molar-refractivity contribution is 0.841. The van der Waals surface area contributed by atoms with Crippen molar-refractivity contribution in [3.63, 3.8) is 0 Å². The molecule has 1 unspecified atom stereocenters. The van der Waals surface area contributed by atoms with Gasteiger partial charge in [0.05, 0.1) is 5.02 Å². The van der Waals surface area contributed by atoms with Crippen molar-refractivity contribution in [3.05, 3.63) is 23.4 Å². The highest BCUT2D eigenvalue weighted by molar-refractivity contribution is 7.99. The summed E-state index contributed by atoms with van der Waals surface area (Å²) in [4.78, 5) is 4.35. The highest BCUT2D eigenvalue weighted by Crippen LogP contribution is 2.12. The molecule has 0 spiro atoms. The van der Waals surface area contributed by atoms with Crippen molar-refractivity contribution in [2.45, 2.75) is 18.6 Å². The maximum atomic E-state index is 5.88. The minimum atomic E-state index is 0.647. The van der Waals surface area contributed by atoms with Crippen LogP contribution in [-0.2, 0) is 0 Å². The van der Waals surface area contributed by atoms with E-state index in [1.165, 1.54) is 0 Å². The van der Waals surface area contributed by atoms with Crippen LogP contribution in [0.2, 0.25) is 5.02 Å². The molecule has 0 bridgehead atoms. The van der Waals surface area contributed by atoms with Crippen LogP contribution in [0.15, 0.2) is 18.3 Å². The minimum absolute atomic E-state index is 0.647. The normalized spacial score (nSPS) is 12.9. The Kier molecular flexibility index (Phi) is 4.12. The number of hydrogen-bond donors (Lipinski definition) is 1. The van der Waals surface area contributed by atoms with Crippen LogP contribution < -0.4 is 5.32 Å². The zero-order valence-electron chi connectivity index (χ0n) is 9.85. The van der Waals surface area contributed by atoms with Gasteiger partial charge in [-0.05, 0) is 24.8 Å². The van der Waals surface area contributed by atoms with Gasteiger partial charge >= 0.3 is 0 Å². The second-order valence-electron chi connectivity index (χ2n) is 3.85. The van der Waals surface area contributed by atoms with Crippen LogP contribution in [0, 0.1) is 0 Å². The molecule has 0 radical (unpaired) electrons. The molecule has 0 aliphatic carbocycles. The quantitative estimate of drug-likeness (QED) is 0.907. The van der Waals surface area contributed by atoms with Crippen molar-refractivity contribution in [2.75, 3.05) is 18.1 Å². The van der Waals surface area contributed by atoms with Crippen LogP contribution in [0.4, 0.5) is 5.95 Å². The van der Waals surface area contributed by atoms with Gasteiger partial charge in [-0.2, -0.15) is 16.7 Å². The summed E-state index contributed by atoms with van der Waals surface area (Å²) in [6.45, 7) is 3.09. The number of halogens is 1. The van der Waals surface area contributed by atoms with Crippen LogP contribution >= 0.6 is 23.4 Å². The number of aromatic nitrogens is 3. The van der Waals surface area contributed by atoms with Crippen LogP contribution in [0.3, 0.4) is 0 Å². The van der Waals surface area contributed by atoms with E-state index in [1.807, 2.05) is 23.9 Å². The van der Waals surface area contributed by atoms with Crippen LogP contribution in [0.5, 0.6) is 0 Å². The Bertz CT molecular complexity index is 499. The van der Waals surface area contributed by atoms with Gasteiger partial charge in [0.2, 0.25) is 5.95 Å². The van der Waals surface area contributed by atoms with Crippen molar-refractivity contribution < 1.29 is 0 Å². The van der Waals surface area contributed by atoms with Gasteiger partial charge in [0.1, 0.15) is 0 Å². The van der Waals surface area contributed by atoms with Crippen molar-refractivity contribution in [3.8, 4) is 0 Å². The first-order valence-corrected chi connectivity index (χ1v) is 7.14. The first-order chi connectivity index (χ1) is 8.19. The second-order valence-corrected chi connectivity index (χ2v) is 5.56. The second kappa shape index (κ2) is 5.60. The molecule has 0 amide bonds. The predicted octanol–water partition coefficient (Wildman–Crippen LogP) is 2.94. The predicted molar refractivity (Wildman–Crippen MR) is 74.1 cm³/mol. The van der Waals surface area contributed by atoms with Gasteiger partial charge in [-0.3, -0.25) is 0 Å². The third kappa shape index (κ3) is 3.26. The van der Waals surface area contributed by atoms with Gasteiger partial charge < -0.3 is 5.32 Å². The van der Waals surface area contributed by atoms with E-state index in [0.717, 1.165) is 18.6 Å². The zero-order chi connectivity index (χ0) is 12.3. The standard InChI is InChI=1S/C11H15ClN4S/c1-8(17-2)5-6-13-11-14-10-4-3-9(12)7-16(10)15-11/h3-4,7-8H,5-6H2,1-2H3,(H,13,15). The molecule has 17 heavy (non-hydrogen) atoms. The number of thioether (sulfide) groups is 1. The number of pyridine rings is 1. The Morgan fingerprint density at radius 3 is 3.12 bits per heavy atom. The van der Waals surface area contributed by atoms with Crippen LogP contribution in [0.25, 0.3) is 5.65 Å². The van der Waals surface area contributed by atoms with E-state index < -0.39 is 0 Å². The molecule has 92 valence electrons. The van der Waals surface area contributed by atoms with E-state index >= 15 is 0 Å². The van der Waals surface area contributed by atoms with Gasteiger partial charge in [-0.1, -0.05) is 18.5 Å². The summed E-state index contributed by atoms with van der Waals surface area (Å²) in [6, 6.07) is 3.66. The molecule has 1 atom stereocenters. The molecule has 0 aliphatic heterocycles. The number of rotatable bonds is 5. The summed E-state index contributed by atoms with van der Waals surface area (Å²) in [5.74, 6) is 0.653. The maximum absolute atomic E-state index is 5.88. The number of anilines is 1. The first-order valence-electron chi connectivity index (χ1n) is 5.47. The summed E-state index contributed by atoms with van der Waals surface area (Å²) in [5.41, 5.74) is 0.801. The minimum Gasteiger partial charge on any atom is -0.353 e. The molecule has 0 fully saturated rings. The number of nitrogens with zero attached hydrogens (tertiary/aromatic N) is 3. The first kappa shape index (κ1) is 12.5. The van der Waals surface area contributed by atoms with E-state index in [9.17, 15) is 0 Å². The average molecular weight is 271 g/mol. The highest BCUT2D eigenvalue weighted by Gasteiger charge is 2.04. The zero-order valence-corrected chi connectivity index (χ0v) is 11.4. The molecule has 0 saturated carbocycles.